The molecule has 0 fully saturated rings. The monoisotopic (exact) mass is 881 g/mol. The fourth-order valence-corrected chi connectivity index (χ4v) is 11.4. The van der Waals surface area contributed by atoms with E-state index in [-0.39, 0.29) is 17.2 Å². The number of allylic oxidation sites excluding steroid dienone is 4. The van der Waals surface area contributed by atoms with Crippen molar-refractivity contribution >= 4 is 23.2 Å². The molecule has 0 unspecified atom stereocenters. The van der Waals surface area contributed by atoms with Crippen molar-refractivity contribution in [2.24, 2.45) is 0 Å². The van der Waals surface area contributed by atoms with Gasteiger partial charge in [0.1, 0.15) is 50.4 Å². The summed E-state index contributed by atoms with van der Waals surface area (Å²) in [4.78, 5) is 0. The van der Waals surface area contributed by atoms with Crippen molar-refractivity contribution < 1.29 is 29.5 Å². The van der Waals surface area contributed by atoms with Gasteiger partial charge in [0.15, 0.2) is 7.26 Å². The zero-order valence-corrected chi connectivity index (χ0v) is 38.4. The molecule has 0 saturated heterocycles. The van der Waals surface area contributed by atoms with Gasteiger partial charge in [-0.05, 0) is 164 Å². The van der Waals surface area contributed by atoms with Gasteiger partial charge in [-0.15, -0.1) is 26.3 Å². The van der Waals surface area contributed by atoms with Crippen LogP contribution < -0.4 is 30.1 Å². The molecule has 0 bridgehead atoms. The zero-order valence-electron chi connectivity index (χ0n) is 37.5. The van der Waals surface area contributed by atoms with Gasteiger partial charge in [0.2, 0.25) is 6.35 Å². The van der Waals surface area contributed by atoms with E-state index in [4.69, 9.17) is 14.2 Å². The number of ether oxygens (including phenoxy) is 3. The molecule has 0 saturated carbocycles. The van der Waals surface area contributed by atoms with E-state index in [2.05, 4.69) is 93.9 Å². The summed E-state index contributed by atoms with van der Waals surface area (Å²) < 4.78 is 18.0. The Bertz CT molecular complexity index is 2630. The van der Waals surface area contributed by atoms with Crippen molar-refractivity contribution in [3.8, 4) is 56.8 Å². The lowest BCUT2D eigenvalue weighted by atomic mass is 9.97. The van der Waals surface area contributed by atoms with Gasteiger partial charge in [-0.2, -0.15) is 0 Å². The molecule has 7 heteroatoms. The first kappa shape index (κ1) is 47.2. The minimum Gasteiger partial charge on any atom is -0.507 e. The maximum atomic E-state index is 11.1. The Balaban J connectivity index is 0.000000292. The van der Waals surface area contributed by atoms with Crippen molar-refractivity contribution in [2.75, 3.05) is 20.6 Å². The van der Waals surface area contributed by atoms with Gasteiger partial charge >= 0.3 is 0 Å². The third-order valence-electron chi connectivity index (χ3n) is 11.2. The molecule has 0 spiro atoms. The maximum absolute atomic E-state index is 11.1. The van der Waals surface area contributed by atoms with Gasteiger partial charge in [-0.25, -0.2) is 0 Å². The van der Waals surface area contributed by atoms with Crippen LogP contribution in [-0.2, 0) is 25.7 Å². The highest BCUT2D eigenvalue weighted by Gasteiger charge is 2.47. The van der Waals surface area contributed by atoms with E-state index in [1.807, 2.05) is 91.0 Å². The summed E-state index contributed by atoms with van der Waals surface area (Å²) in [6, 6.07) is 48.1. The van der Waals surface area contributed by atoms with Crippen LogP contribution in [0.4, 0.5) is 0 Å². The first-order valence-corrected chi connectivity index (χ1v) is 23.4. The molecule has 0 aliphatic heterocycles. The molecule has 0 atom stereocenters. The van der Waals surface area contributed by atoms with E-state index < -0.39 is 7.26 Å². The molecule has 6 nitrogen and oxygen atoms in total. The van der Waals surface area contributed by atoms with Crippen LogP contribution in [0.1, 0.15) is 27.8 Å². The number of rotatable bonds is 18. The third kappa shape index (κ3) is 11.3. The van der Waals surface area contributed by atoms with Crippen LogP contribution in [0.5, 0.6) is 34.5 Å². The van der Waals surface area contributed by atoms with E-state index in [1.165, 1.54) is 10.9 Å². The Kier molecular flexibility index (Phi) is 16.3. The lowest BCUT2D eigenvalue weighted by molar-refractivity contribution is 0.389. The number of hydrogen-bond donors (Lipinski definition) is 3. The minimum atomic E-state index is -2.39. The molecule has 0 aliphatic carbocycles. The van der Waals surface area contributed by atoms with Crippen molar-refractivity contribution in [3.05, 3.63) is 224 Å². The normalized spacial score (nSPS) is 10.8. The summed E-state index contributed by atoms with van der Waals surface area (Å²) in [6.07, 6.45) is 10.6. The van der Waals surface area contributed by atoms with Crippen LogP contribution in [-0.4, -0.2) is 35.9 Å². The summed E-state index contributed by atoms with van der Waals surface area (Å²) in [6.45, 7) is 17.4. The van der Waals surface area contributed by atoms with Crippen LogP contribution in [0.25, 0.3) is 22.3 Å². The highest BCUT2D eigenvalue weighted by atomic mass is 31.2. The Hall–Kier alpha value is -7.27. The first-order valence-electron chi connectivity index (χ1n) is 21.5. The van der Waals surface area contributed by atoms with Crippen LogP contribution >= 0.6 is 7.26 Å². The number of aromatic hydroxyl groups is 3. The minimum absolute atomic E-state index is 0.156. The molecular weight excluding hydrogens is 824 g/mol. The number of phenolic OH excluding ortho intramolecular Hbond substituents is 3. The van der Waals surface area contributed by atoms with E-state index >= 15 is 0 Å². The summed E-state index contributed by atoms with van der Waals surface area (Å²) in [5.74, 6) is 2.81. The molecule has 65 heavy (non-hydrogen) atoms. The predicted molar refractivity (Wildman–Crippen MR) is 273 cm³/mol. The first-order chi connectivity index (χ1) is 31.6. The molecule has 7 rings (SSSR count). The quantitative estimate of drug-likeness (QED) is 0.0588. The van der Waals surface area contributed by atoms with Crippen molar-refractivity contribution in [1.29, 1.82) is 0 Å². The summed E-state index contributed by atoms with van der Waals surface area (Å²) in [5.41, 5.74) is 8.26. The molecule has 7 aromatic rings. The summed E-state index contributed by atoms with van der Waals surface area (Å²) in [5, 5.41) is 34.7. The van der Waals surface area contributed by atoms with Crippen molar-refractivity contribution in [2.45, 2.75) is 32.6 Å². The number of hydrogen-bond acceptors (Lipinski definition) is 6. The van der Waals surface area contributed by atoms with Gasteiger partial charge in [-0.1, -0.05) is 66.3 Å². The Morgan fingerprint density at radius 3 is 1.11 bits per heavy atom. The van der Waals surface area contributed by atoms with Crippen LogP contribution in [0, 0.1) is 6.92 Å². The predicted octanol–water partition coefficient (Wildman–Crippen LogP) is 12.4. The van der Waals surface area contributed by atoms with E-state index in [1.54, 1.807) is 32.4 Å². The number of benzene rings is 7. The van der Waals surface area contributed by atoms with Crippen molar-refractivity contribution in [1.82, 2.24) is 0 Å². The van der Waals surface area contributed by atoms with E-state index in [9.17, 15) is 15.3 Å². The lowest BCUT2D eigenvalue weighted by Gasteiger charge is -2.28. The Labute approximate surface area is 385 Å². The topological polar surface area (TPSA) is 88.4 Å². The summed E-state index contributed by atoms with van der Waals surface area (Å²) >= 11 is 0. The second-order valence-corrected chi connectivity index (χ2v) is 19.1. The molecule has 0 amide bonds. The maximum Gasteiger partial charge on any atom is 0.210 e. The van der Waals surface area contributed by atoms with E-state index in [0.717, 1.165) is 68.3 Å². The smallest absolute Gasteiger partial charge is 0.210 e. The molecule has 3 N–H and O–H groups in total. The Morgan fingerprint density at radius 2 is 0.754 bits per heavy atom. The van der Waals surface area contributed by atoms with Crippen LogP contribution in [0.2, 0.25) is 0 Å². The molecular formula is C58H58O6P+. The number of phenols is 3. The fraction of sp³-hybridized carbons (Fsp3) is 0.138. The number of aryl methyl sites for hydroxylation is 1. The number of methoxy groups -OCH3 is 2. The molecule has 330 valence electrons. The van der Waals surface area contributed by atoms with Gasteiger partial charge in [-0.3, -0.25) is 0 Å². The second kappa shape index (κ2) is 22.4. The SMILES string of the molecule is C=CCc1ccc(O)c(-c2cc(CC=C)ccc2O)c1.C=CCc1ccc(O)c(-c2cc(CC=C)ccc2OC[P+](c2ccc(C)cc2)(c2ccc(OC)cc2)c2ccc(OC)cc2)c1. The molecule has 0 heterocycles. The second-order valence-electron chi connectivity index (χ2n) is 15.7. The molecule has 0 aromatic heterocycles. The molecule has 7 aromatic carbocycles. The van der Waals surface area contributed by atoms with Crippen LogP contribution in [0.3, 0.4) is 0 Å². The highest BCUT2D eigenvalue weighted by Crippen LogP contribution is 2.56. The fourth-order valence-electron chi connectivity index (χ4n) is 7.79. The average Bonchev–Trinajstić information content (AvgIpc) is 3.33. The lowest BCUT2D eigenvalue weighted by Crippen LogP contribution is -2.35. The molecule has 0 aliphatic rings. The molecule has 0 radical (unpaired) electrons. The van der Waals surface area contributed by atoms with Gasteiger partial charge < -0.3 is 29.5 Å². The van der Waals surface area contributed by atoms with Crippen molar-refractivity contribution in [3.63, 3.8) is 0 Å². The third-order valence-corrected chi connectivity index (χ3v) is 15.3. The average molecular weight is 882 g/mol. The zero-order chi connectivity index (χ0) is 46.3. The largest absolute Gasteiger partial charge is 0.507 e. The van der Waals surface area contributed by atoms with Gasteiger partial charge in [0, 0.05) is 22.3 Å². The van der Waals surface area contributed by atoms with Gasteiger partial charge in [0.25, 0.3) is 0 Å². The Morgan fingerprint density at radius 1 is 0.431 bits per heavy atom. The summed E-state index contributed by atoms with van der Waals surface area (Å²) in [7, 11) is 0.971. The van der Waals surface area contributed by atoms with Gasteiger partial charge in [0.05, 0.1) is 14.2 Å². The highest BCUT2D eigenvalue weighted by molar-refractivity contribution is 7.95. The van der Waals surface area contributed by atoms with Crippen LogP contribution in [0.15, 0.2) is 196 Å². The standard InChI is InChI=1S/C40H39O4P.C18H18O2/c1-6-8-30-12-24-39(41)37(26-30)38-27-31(9-7-2)13-25-40(38)44-28-45(34-18-10-29(3)11-19-34,35-20-14-32(42-4)15-21-35)36-22-16-33(43-5)17-23-36;1-3-5-13-7-9-17(19)15(11-13)16-12-14(6-4-2)8-10-18(16)20/h6-7,10-27H,1-2,8-9,28H2,3-5H3;3-4,7-12,19-20H,1-2,5-6H2/p+1. The van der Waals surface area contributed by atoms with E-state index in [0.29, 0.717) is 36.1 Å².